The van der Waals surface area contributed by atoms with Crippen LogP contribution in [0.25, 0.3) is 0 Å². The second-order valence-corrected chi connectivity index (χ2v) is 6.13. The van der Waals surface area contributed by atoms with Crippen LogP contribution in [0.1, 0.15) is 25.3 Å². The first-order valence-corrected chi connectivity index (χ1v) is 7.77. The second-order valence-electron chi connectivity index (χ2n) is 6.13. The van der Waals surface area contributed by atoms with Crippen molar-refractivity contribution in [2.45, 2.75) is 50.4 Å². The van der Waals surface area contributed by atoms with E-state index in [1.54, 1.807) is 6.92 Å². The van der Waals surface area contributed by atoms with Crippen molar-refractivity contribution in [3.05, 3.63) is 35.4 Å². The molecule has 0 radical (unpaired) electrons. The minimum Gasteiger partial charge on any atom is -0.390 e. The summed E-state index contributed by atoms with van der Waals surface area (Å²) in [6, 6.07) is 2.44. The zero-order valence-corrected chi connectivity index (χ0v) is 13.1. The van der Waals surface area contributed by atoms with Gasteiger partial charge in [-0.25, -0.2) is 8.78 Å². The Kier molecular flexibility index (Phi) is 6.04. The van der Waals surface area contributed by atoms with Crippen LogP contribution in [0.5, 0.6) is 0 Å². The van der Waals surface area contributed by atoms with Gasteiger partial charge in [0.15, 0.2) is 0 Å². The van der Waals surface area contributed by atoms with E-state index in [-0.39, 0.29) is 6.42 Å². The summed E-state index contributed by atoms with van der Waals surface area (Å²) in [7, 11) is 0. The molecule has 7 heteroatoms. The third kappa shape index (κ3) is 5.85. The van der Waals surface area contributed by atoms with E-state index >= 15 is 0 Å². The van der Waals surface area contributed by atoms with E-state index in [0.717, 1.165) is 18.9 Å². The summed E-state index contributed by atoms with van der Waals surface area (Å²) < 4.78 is 26.6. The molecule has 1 amide bonds. The summed E-state index contributed by atoms with van der Waals surface area (Å²) in [4.78, 5) is 11.2. The van der Waals surface area contributed by atoms with E-state index in [0.29, 0.717) is 18.2 Å². The summed E-state index contributed by atoms with van der Waals surface area (Å²) in [6.07, 6.45) is 1.53. The summed E-state index contributed by atoms with van der Waals surface area (Å²) in [5.41, 5.74) is 5.64. The average molecular weight is 327 g/mol. The van der Waals surface area contributed by atoms with Crippen LogP contribution in [0, 0.1) is 11.6 Å². The lowest BCUT2D eigenvalue weighted by Gasteiger charge is -2.27. The molecule has 5 N–H and O–H groups in total. The Bertz CT molecular complexity index is 532. The van der Waals surface area contributed by atoms with Crippen LogP contribution in [0.4, 0.5) is 8.78 Å². The fraction of sp³-hybridized carbons (Fsp3) is 0.562. The Hall–Kier alpha value is -1.57. The van der Waals surface area contributed by atoms with Gasteiger partial charge in [0, 0.05) is 24.7 Å². The first-order chi connectivity index (χ1) is 10.8. The van der Waals surface area contributed by atoms with Crippen molar-refractivity contribution in [2.75, 3.05) is 6.54 Å². The van der Waals surface area contributed by atoms with Crippen molar-refractivity contribution in [2.24, 2.45) is 5.73 Å². The summed E-state index contributed by atoms with van der Waals surface area (Å²) >= 11 is 0. The Morgan fingerprint density at radius 3 is 2.48 bits per heavy atom. The van der Waals surface area contributed by atoms with Gasteiger partial charge in [-0.15, -0.1) is 0 Å². The van der Waals surface area contributed by atoms with Gasteiger partial charge < -0.3 is 21.5 Å². The zero-order valence-electron chi connectivity index (χ0n) is 13.1. The number of aliphatic hydroxyl groups excluding tert-OH is 1. The Balaban J connectivity index is 2.05. The maximum atomic E-state index is 13.3. The molecule has 1 aromatic carbocycles. The maximum Gasteiger partial charge on any atom is 0.234 e. The predicted molar refractivity (Wildman–Crippen MR) is 82.7 cm³/mol. The molecule has 2 rings (SSSR count). The number of amides is 1. The van der Waals surface area contributed by atoms with E-state index in [4.69, 9.17) is 5.73 Å². The quantitative estimate of drug-likeness (QED) is 0.530. The minimum atomic E-state index is -0.816. The Morgan fingerprint density at radius 2 is 1.96 bits per heavy atom. The first kappa shape index (κ1) is 17.8. The highest BCUT2D eigenvalue weighted by molar-refractivity contribution is 5.79. The molecule has 1 fully saturated rings. The standard InChI is InChI=1S/C16H23F2N3O2/c1-9(16(19)23)21-14(15(22)8-20-13-2-3-13)6-10-4-11(17)7-12(18)5-10/h4-5,7,9,13-15,20-22H,2-3,6,8H2,1H3,(H2,19,23)/t9-,14+,15-/m1/s1. The van der Waals surface area contributed by atoms with Crippen molar-refractivity contribution < 1.29 is 18.7 Å². The fourth-order valence-electron chi connectivity index (χ4n) is 2.41. The number of nitrogens with one attached hydrogen (secondary N) is 2. The van der Waals surface area contributed by atoms with Gasteiger partial charge in [-0.05, 0) is 43.9 Å². The van der Waals surface area contributed by atoms with Crippen LogP contribution in [0.2, 0.25) is 0 Å². The second kappa shape index (κ2) is 7.81. The average Bonchev–Trinajstić information content (AvgIpc) is 3.26. The van der Waals surface area contributed by atoms with Crippen molar-refractivity contribution in [1.82, 2.24) is 10.6 Å². The van der Waals surface area contributed by atoms with E-state index in [2.05, 4.69) is 10.6 Å². The summed E-state index contributed by atoms with van der Waals surface area (Å²) in [5.74, 6) is -1.90. The van der Waals surface area contributed by atoms with Crippen LogP contribution in [-0.4, -0.2) is 41.8 Å². The highest BCUT2D eigenvalue weighted by Crippen LogP contribution is 2.19. The van der Waals surface area contributed by atoms with Gasteiger partial charge in [0.25, 0.3) is 0 Å². The maximum absolute atomic E-state index is 13.3. The number of halogens is 2. The molecule has 0 spiro atoms. The first-order valence-electron chi connectivity index (χ1n) is 7.77. The smallest absolute Gasteiger partial charge is 0.234 e. The number of carbonyl (C=O) groups is 1. The lowest BCUT2D eigenvalue weighted by atomic mass is 9.99. The van der Waals surface area contributed by atoms with Gasteiger partial charge in [0.05, 0.1) is 12.1 Å². The molecule has 1 aromatic rings. The number of benzene rings is 1. The fourth-order valence-corrected chi connectivity index (χ4v) is 2.41. The topological polar surface area (TPSA) is 87.4 Å². The van der Waals surface area contributed by atoms with E-state index in [1.807, 2.05) is 0 Å². The van der Waals surface area contributed by atoms with Gasteiger partial charge in [-0.2, -0.15) is 0 Å². The number of aliphatic hydroxyl groups is 1. The van der Waals surface area contributed by atoms with Gasteiger partial charge in [0.2, 0.25) is 5.91 Å². The van der Waals surface area contributed by atoms with E-state index in [9.17, 15) is 18.7 Å². The largest absolute Gasteiger partial charge is 0.390 e. The molecular weight excluding hydrogens is 304 g/mol. The summed E-state index contributed by atoms with van der Waals surface area (Å²) in [5, 5.41) is 16.5. The van der Waals surface area contributed by atoms with Crippen molar-refractivity contribution in [3.8, 4) is 0 Å². The van der Waals surface area contributed by atoms with Crippen molar-refractivity contribution in [3.63, 3.8) is 0 Å². The molecule has 0 heterocycles. The molecule has 0 unspecified atom stereocenters. The molecule has 128 valence electrons. The van der Waals surface area contributed by atoms with Crippen LogP contribution in [0.3, 0.4) is 0 Å². The lowest BCUT2D eigenvalue weighted by molar-refractivity contribution is -0.120. The van der Waals surface area contributed by atoms with Gasteiger partial charge >= 0.3 is 0 Å². The Morgan fingerprint density at radius 1 is 1.35 bits per heavy atom. The zero-order chi connectivity index (χ0) is 17.0. The monoisotopic (exact) mass is 327 g/mol. The van der Waals surface area contributed by atoms with Crippen molar-refractivity contribution >= 4 is 5.91 Å². The minimum absolute atomic E-state index is 0.180. The number of carbonyl (C=O) groups excluding carboxylic acids is 1. The normalized spacial score (nSPS) is 18.4. The van der Waals surface area contributed by atoms with Crippen LogP contribution >= 0.6 is 0 Å². The number of primary amides is 1. The van der Waals surface area contributed by atoms with E-state index < -0.39 is 35.7 Å². The summed E-state index contributed by atoms with van der Waals surface area (Å²) in [6.45, 7) is 1.92. The van der Waals surface area contributed by atoms with Crippen molar-refractivity contribution in [1.29, 1.82) is 0 Å². The third-order valence-corrected chi connectivity index (χ3v) is 3.93. The number of hydrogen-bond acceptors (Lipinski definition) is 4. The molecular formula is C16H23F2N3O2. The third-order valence-electron chi connectivity index (χ3n) is 3.93. The molecule has 5 nitrogen and oxygen atoms in total. The molecule has 1 aliphatic carbocycles. The Labute approximate surface area is 134 Å². The highest BCUT2D eigenvalue weighted by atomic mass is 19.1. The molecule has 0 bridgehead atoms. The van der Waals surface area contributed by atoms with Crippen LogP contribution in [-0.2, 0) is 11.2 Å². The molecule has 1 saturated carbocycles. The van der Waals surface area contributed by atoms with E-state index in [1.165, 1.54) is 12.1 Å². The van der Waals surface area contributed by atoms with Gasteiger partial charge in [0.1, 0.15) is 11.6 Å². The molecule has 0 saturated heterocycles. The number of nitrogens with two attached hydrogens (primary N) is 1. The molecule has 0 aliphatic heterocycles. The van der Waals surface area contributed by atoms with Crippen LogP contribution < -0.4 is 16.4 Å². The molecule has 1 aliphatic rings. The predicted octanol–water partition coefficient (Wildman–Crippen LogP) is 0.452. The van der Waals surface area contributed by atoms with Gasteiger partial charge in [-0.1, -0.05) is 0 Å². The number of rotatable bonds is 9. The molecule has 0 aromatic heterocycles. The molecule has 23 heavy (non-hydrogen) atoms. The highest BCUT2D eigenvalue weighted by Gasteiger charge is 2.27. The lowest BCUT2D eigenvalue weighted by Crippen LogP contribution is -2.53. The SMILES string of the molecule is C[C@@H](N[C@@H](Cc1cc(F)cc(F)c1)[C@H](O)CNC1CC1)C(N)=O. The number of hydrogen-bond donors (Lipinski definition) is 4. The molecule has 3 atom stereocenters. The van der Waals surface area contributed by atoms with Crippen LogP contribution in [0.15, 0.2) is 18.2 Å². The van der Waals surface area contributed by atoms with Gasteiger partial charge in [-0.3, -0.25) is 4.79 Å².